The van der Waals surface area contributed by atoms with E-state index in [0.29, 0.717) is 23.6 Å². The largest absolute Gasteiger partial charge is 0.494 e. The van der Waals surface area contributed by atoms with E-state index in [2.05, 4.69) is 10.3 Å². The summed E-state index contributed by atoms with van der Waals surface area (Å²) in [5.41, 5.74) is 1.18. The number of nitrogens with zero attached hydrogens (tertiary/aromatic N) is 1. The molecule has 1 heterocycles. The van der Waals surface area contributed by atoms with Crippen molar-refractivity contribution in [3.63, 3.8) is 0 Å². The maximum absolute atomic E-state index is 12.8. The summed E-state index contributed by atoms with van der Waals surface area (Å²) in [4.78, 5) is 15.6. The Morgan fingerprint density at radius 3 is 2.81 bits per heavy atom. The number of rotatable bonds is 5. The van der Waals surface area contributed by atoms with E-state index in [9.17, 15) is 14.3 Å². The minimum absolute atomic E-state index is 0.107. The van der Waals surface area contributed by atoms with Crippen LogP contribution in [0.4, 0.5) is 10.1 Å². The number of anilines is 1. The number of nitrogens with one attached hydrogen (secondary N) is 1. The number of hydrogen-bond acceptors (Lipinski definition) is 4. The van der Waals surface area contributed by atoms with Crippen LogP contribution in [0, 0.1) is 5.82 Å². The lowest BCUT2D eigenvalue weighted by Gasteiger charge is -2.11. The van der Waals surface area contributed by atoms with Gasteiger partial charge >= 0.3 is 0 Å². The number of carbonyl (C=O) groups is 1. The molecule has 2 rings (SSSR count). The van der Waals surface area contributed by atoms with Gasteiger partial charge in [-0.3, -0.25) is 4.79 Å². The Kier molecular flexibility index (Phi) is 4.84. The van der Waals surface area contributed by atoms with Gasteiger partial charge in [0, 0.05) is 11.3 Å². The van der Waals surface area contributed by atoms with Gasteiger partial charge in [-0.25, -0.2) is 9.37 Å². The summed E-state index contributed by atoms with van der Waals surface area (Å²) in [5.74, 6) is -0.392. The van der Waals surface area contributed by atoms with E-state index in [4.69, 9.17) is 4.74 Å². The van der Waals surface area contributed by atoms with Crippen LogP contribution in [-0.2, 0) is 6.61 Å². The van der Waals surface area contributed by atoms with Crippen molar-refractivity contribution in [2.75, 3.05) is 11.9 Å². The average Bonchev–Trinajstić information content (AvgIpc) is 2.49. The van der Waals surface area contributed by atoms with Gasteiger partial charge in [0.2, 0.25) is 0 Å². The molecule has 0 saturated heterocycles. The van der Waals surface area contributed by atoms with Crippen LogP contribution >= 0.6 is 0 Å². The van der Waals surface area contributed by atoms with Gasteiger partial charge in [0.15, 0.2) is 0 Å². The summed E-state index contributed by atoms with van der Waals surface area (Å²) in [5, 5.41) is 11.9. The molecule has 0 spiro atoms. The minimum atomic E-state index is -0.504. The lowest BCUT2D eigenvalue weighted by atomic mass is 10.2. The zero-order valence-corrected chi connectivity index (χ0v) is 11.5. The van der Waals surface area contributed by atoms with Crippen molar-refractivity contribution < 1.29 is 19.0 Å². The third-order valence-electron chi connectivity index (χ3n) is 2.75. The number of carbonyl (C=O) groups excluding carboxylic acids is 1. The predicted molar refractivity (Wildman–Crippen MR) is 75.7 cm³/mol. The quantitative estimate of drug-likeness (QED) is 0.886. The van der Waals surface area contributed by atoms with Gasteiger partial charge in [-0.2, -0.15) is 0 Å². The van der Waals surface area contributed by atoms with Crippen molar-refractivity contribution in [3.8, 4) is 5.75 Å². The van der Waals surface area contributed by atoms with Gasteiger partial charge in [-0.05, 0) is 37.3 Å². The second kappa shape index (κ2) is 6.81. The zero-order chi connectivity index (χ0) is 15.2. The molecule has 6 heteroatoms. The SMILES string of the molecule is CCOc1ccc(NC(=O)c2ccc(F)cn2)cc1CO. The Balaban J connectivity index is 2.15. The Bertz CT molecular complexity index is 629. The van der Waals surface area contributed by atoms with Gasteiger partial charge in [-0.15, -0.1) is 0 Å². The first-order valence-corrected chi connectivity index (χ1v) is 6.43. The van der Waals surface area contributed by atoms with E-state index in [-0.39, 0.29) is 12.3 Å². The summed E-state index contributed by atoms with van der Waals surface area (Å²) < 4.78 is 18.1. The van der Waals surface area contributed by atoms with Crippen molar-refractivity contribution in [2.24, 2.45) is 0 Å². The molecule has 21 heavy (non-hydrogen) atoms. The molecular weight excluding hydrogens is 275 g/mol. The lowest BCUT2D eigenvalue weighted by Crippen LogP contribution is -2.14. The Hall–Kier alpha value is -2.47. The fourth-order valence-electron chi connectivity index (χ4n) is 1.78. The van der Waals surface area contributed by atoms with Crippen LogP contribution in [0.2, 0.25) is 0 Å². The van der Waals surface area contributed by atoms with E-state index >= 15 is 0 Å². The molecule has 0 aliphatic rings. The number of benzene rings is 1. The molecule has 2 aromatic rings. The monoisotopic (exact) mass is 290 g/mol. The predicted octanol–water partition coefficient (Wildman–Crippen LogP) is 2.36. The first-order valence-electron chi connectivity index (χ1n) is 6.43. The summed E-state index contributed by atoms with van der Waals surface area (Å²) in [6.45, 7) is 2.13. The second-order valence-corrected chi connectivity index (χ2v) is 4.23. The number of aliphatic hydroxyl groups excluding tert-OH is 1. The molecule has 0 unspecified atom stereocenters. The number of halogens is 1. The van der Waals surface area contributed by atoms with Crippen LogP contribution < -0.4 is 10.1 Å². The van der Waals surface area contributed by atoms with E-state index in [1.165, 1.54) is 12.1 Å². The van der Waals surface area contributed by atoms with Crippen LogP contribution in [0.5, 0.6) is 5.75 Å². The van der Waals surface area contributed by atoms with E-state index in [0.717, 1.165) is 6.20 Å². The third-order valence-corrected chi connectivity index (χ3v) is 2.75. The normalized spacial score (nSPS) is 10.2. The van der Waals surface area contributed by atoms with Gasteiger partial charge in [-0.1, -0.05) is 0 Å². The van der Waals surface area contributed by atoms with Gasteiger partial charge in [0.1, 0.15) is 17.3 Å². The summed E-state index contributed by atoms with van der Waals surface area (Å²) in [7, 11) is 0. The van der Waals surface area contributed by atoms with Crippen LogP contribution in [0.15, 0.2) is 36.5 Å². The van der Waals surface area contributed by atoms with Gasteiger partial charge in [0.05, 0.1) is 19.4 Å². The standard InChI is InChI=1S/C15H15FN2O3/c1-2-21-14-6-4-12(7-10(14)9-19)18-15(20)13-5-3-11(16)8-17-13/h3-8,19H,2,9H2,1H3,(H,18,20). The third kappa shape index (κ3) is 3.76. The van der Waals surface area contributed by atoms with E-state index in [1.807, 2.05) is 6.92 Å². The highest BCUT2D eigenvalue weighted by molar-refractivity contribution is 6.02. The number of amides is 1. The number of hydrogen-bond donors (Lipinski definition) is 2. The molecule has 0 atom stereocenters. The Morgan fingerprint density at radius 1 is 1.38 bits per heavy atom. The topological polar surface area (TPSA) is 71.5 Å². The zero-order valence-electron chi connectivity index (χ0n) is 11.5. The van der Waals surface area contributed by atoms with Gasteiger partial charge in [0.25, 0.3) is 5.91 Å². The highest BCUT2D eigenvalue weighted by atomic mass is 19.1. The summed E-state index contributed by atoms with van der Waals surface area (Å²) in [6, 6.07) is 7.41. The molecule has 1 aromatic heterocycles. The molecule has 1 amide bonds. The molecule has 0 fully saturated rings. The van der Waals surface area contributed by atoms with Crippen LogP contribution in [0.3, 0.4) is 0 Å². The highest BCUT2D eigenvalue weighted by Crippen LogP contribution is 2.23. The fourth-order valence-corrected chi connectivity index (χ4v) is 1.78. The first-order chi connectivity index (χ1) is 10.1. The molecule has 0 aliphatic heterocycles. The van der Waals surface area contributed by atoms with Crippen molar-refractivity contribution in [1.29, 1.82) is 0 Å². The average molecular weight is 290 g/mol. The van der Waals surface area contributed by atoms with Gasteiger partial charge < -0.3 is 15.2 Å². The van der Waals surface area contributed by atoms with Crippen molar-refractivity contribution >= 4 is 11.6 Å². The van der Waals surface area contributed by atoms with Crippen LogP contribution in [0.25, 0.3) is 0 Å². The second-order valence-electron chi connectivity index (χ2n) is 4.23. The van der Waals surface area contributed by atoms with Crippen LogP contribution in [0.1, 0.15) is 23.0 Å². The van der Waals surface area contributed by atoms with Crippen molar-refractivity contribution in [3.05, 3.63) is 53.6 Å². The Morgan fingerprint density at radius 2 is 2.19 bits per heavy atom. The lowest BCUT2D eigenvalue weighted by molar-refractivity contribution is 0.102. The molecule has 1 aromatic carbocycles. The molecule has 0 aliphatic carbocycles. The number of aliphatic hydroxyl groups is 1. The first kappa shape index (κ1) is 14.9. The maximum Gasteiger partial charge on any atom is 0.274 e. The fraction of sp³-hybridized carbons (Fsp3) is 0.200. The molecule has 5 nitrogen and oxygen atoms in total. The van der Waals surface area contributed by atoms with Crippen molar-refractivity contribution in [2.45, 2.75) is 13.5 Å². The summed E-state index contributed by atoms with van der Waals surface area (Å²) >= 11 is 0. The number of pyridine rings is 1. The summed E-state index contributed by atoms with van der Waals surface area (Å²) in [6.07, 6.45) is 0.978. The molecule has 0 radical (unpaired) electrons. The molecule has 2 N–H and O–H groups in total. The smallest absolute Gasteiger partial charge is 0.274 e. The van der Waals surface area contributed by atoms with E-state index in [1.54, 1.807) is 18.2 Å². The van der Waals surface area contributed by atoms with Crippen molar-refractivity contribution in [1.82, 2.24) is 4.98 Å². The van der Waals surface area contributed by atoms with E-state index < -0.39 is 11.7 Å². The molecule has 0 saturated carbocycles. The Labute approximate surface area is 121 Å². The minimum Gasteiger partial charge on any atom is -0.494 e. The number of ether oxygens (including phenoxy) is 1. The molecular formula is C15H15FN2O3. The molecule has 110 valence electrons. The number of aromatic nitrogens is 1. The van der Waals surface area contributed by atoms with Crippen LogP contribution in [-0.4, -0.2) is 22.6 Å². The highest BCUT2D eigenvalue weighted by Gasteiger charge is 2.10. The maximum atomic E-state index is 12.8. The molecule has 0 bridgehead atoms.